The molecule has 3 amide bonds. The Morgan fingerprint density at radius 2 is 1.97 bits per heavy atom. The van der Waals surface area contributed by atoms with Crippen molar-refractivity contribution in [3.05, 3.63) is 4.91 Å². The molecule has 2 unspecified atom stereocenters. The minimum atomic E-state index is -0.913. The standard InChI is InChI=1S/C14H28N8O4S.C2H4O2.HI.Pb/c1-9(22(3)27-21-26)7-19-13(25)11(5-4-6-17-14(15)16)20-12(24)8-18-10(2)23;1-4-2-3;;/h9,11H,4-8H2,1-3H3,(H7,15,16,17,18,19,20,23,24,25);2H,1H3;1H;/q;;;+2/p-2. The van der Waals surface area contributed by atoms with Crippen LogP contribution in [0.1, 0.15) is 26.7 Å². The third-order valence-corrected chi connectivity index (χ3v) is 8.12. The van der Waals surface area contributed by atoms with E-state index in [-0.39, 0.29) is 30.9 Å². The van der Waals surface area contributed by atoms with E-state index in [1.807, 2.05) is 6.92 Å². The van der Waals surface area contributed by atoms with Gasteiger partial charge in [0, 0.05) is 11.5 Å². The van der Waals surface area contributed by atoms with E-state index < -0.39 is 32.2 Å². The Bertz CT molecular complexity index is 648. The van der Waals surface area contributed by atoms with Crippen LogP contribution in [0.5, 0.6) is 0 Å². The van der Waals surface area contributed by atoms with E-state index in [0.717, 1.165) is 12.1 Å². The number of nitroso groups, excluding NO2 is 1. The summed E-state index contributed by atoms with van der Waals surface area (Å²) in [5.74, 6) is -0.758. The van der Waals surface area contributed by atoms with Gasteiger partial charge >= 0.3 is 157 Å². The Morgan fingerprint density at radius 3 is 2.48 bits per heavy atom. The van der Waals surface area contributed by atoms with Gasteiger partial charge in [-0.25, -0.2) is 0 Å². The number of guanidine groups is 1. The van der Waals surface area contributed by atoms with Crippen molar-refractivity contribution in [3.8, 4) is 0 Å². The minimum Gasteiger partial charge on any atom is -0.471 e. The van der Waals surface area contributed by atoms with Gasteiger partial charge < -0.3 is 4.74 Å². The van der Waals surface area contributed by atoms with Crippen molar-refractivity contribution in [1.82, 2.24) is 23.4 Å². The van der Waals surface area contributed by atoms with Crippen molar-refractivity contribution >= 4 is 80.3 Å². The molecule has 0 heterocycles. The summed E-state index contributed by atoms with van der Waals surface area (Å²) in [5.41, 5.74) is 5.70. The van der Waals surface area contributed by atoms with Crippen LogP contribution in [-0.4, -0.2) is 101 Å². The van der Waals surface area contributed by atoms with Crippen LogP contribution in [0.3, 0.4) is 0 Å². The summed E-state index contributed by atoms with van der Waals surface area (Å²) in [6, 6.07) is -0.926. The molecule has 6 N–H and O–H groups in total. The van der Waals surface area contributed by atoms with Gasteiger partial charge in [-0.15, -0.1) is 4.91 Å². The van der Waals surface area contributed by atoms with Gasteiger partial charge in [-0.05, 0) is 7.05 Å². The van der Waals surface area contributed by atoms with Crippen LogP contribution in [0.4, 0.5) is 0 Å². The van der Waals surface area contributed by atoms with Gasteiger partial charge in [-0.2, -0.15) is 0 Å². The number of carbonyl (C=O) groups excluding carboxylic acids is 4. The first-order chi connectivity index (χ1) is 15.6. The van der Waals surface area contributed by atoms with Crippen LogP contribution in [0.25, 0.3) is 0 Å². The molecule has 0 aromatic rings. The number of hydrogen-bond acceptors (Lipinski definition) is 10. The molecule has 0 saturated heterocycles. The van der Waals surface area contributed by atoms with Gasteiger partial charge in [-0.3, -0.25) is 9.59 Å². The number of nitrogens with zero attached hydrogens (tertiary/aromatic N) is 3. The molecule has 0 fully saturated rings. The number of halogens is 1. The number of hydrogen-bond donors (Lipinski definition) is 5. The molecule has 0 aromatic carbocycles. The molecule has 0 aliphatic rings. The summed E-state index contributed by atoms with van der Waals surface area (Å²) in [6.45, 7) is 3.98. The Morgan fingerprint density at radius 1 is 1.33 bits per heavy atom. The molecular formula is C16H31IN8O6PbS. The van der Waals surface area contributed by atoms with Gasteiger partial charge in [0.05, 0.1) is 7.11 Å². The van der Waals surface area contributed by atoms with Crippen molar-refractivity contribution < 1.29 is 23.9 Å². The molecule has 0 saturated carbocycles. The number of nitrogens with two attached hydrogens (primary N) is 1. The number of nitrogens with one attached hydrogen (secondary N) is 4. The second kappa shape index (κ2) is 22.5. The van der Waals surface area contributed by atoms with E-state index in [9.17, 15) is 19.3 Å². The predicted molar refractivity (Wildman–Crippen MR) is 136 cm³/mol. The summed E-state index contributed by atoms with van der Waals surface area (Å²) in [7, 11) is 3.00. The molecule has 0 rings (SSSR count). The average molecular weight is 798 g/mol. The van der Waals surface area contributed by atoms with Crippen molar-refractivity contribution in [1.29, 1.82) is 0 Å². The molecule has 2 atom stereocenters. The Balaban J connectivity index is 0. The maximum atomic E-state index is 12.5. The summed E-state index contributed by atoms with van der Waals surface area (Å²) >= 11 is 2.14. The van der Waals surface area contributed by atoms with Crippen molar-refractivity contribution in [3.63, 3.8) is 0 Å². The van der Waals surface area contributed by atoms with E-state index in [4.69, 9.17) is 10.5 Å². The van der Waals surface area contributed by atoms with E-state index in [1.54, 1.807) is 11.4 Å². The number of amides is 3. The fourth-order valence-corrected chi connectivity index (χ4v) is 5.38. The zero-order valence-electron chi connectivity index (χ0n) is 18.9. The molecule has 33 heavy (non-hydrogen) atoms. The first kappa shape index (κ1) is 33.9. The normalized spacial score (nSPS) is 12.4. The number of carbonyl (C=O) groups is 4. The molecule has 0 aromatic heterocycles. The van der Waals surface area contributed by atoms with E-state index in [2.05, 4.69) is 51.1 Å². The topological polar surface area (TPSA) is 197 Å². The number of rotatable bonds is 15. The van der Waals surface area contributed by atoms with Crippen LogP contribution in [0.2, 0.25) is 0 Å². The Labute approximate surface area is 219 Å². The zero-order chi connectivity index (χ0) is 25.6. The number of ether oxygens (including phenoxy) is 1. The fraction of sp³-hybridized carbons (Fsp3) is 0.688. The summed E-state index contributed by atoms with van der Waals surface area (Å²) in [4.78, 5) is 58.9. The van der Waals surface area contributed by atoms with Crippen LogP contribution < -0.4 is 24.8 Å². The van der Waals surface area contributed by atoms with Gasteiger partial charge in [0.25, 0.3) is 6.47 Å². The van der Waals surface area contributed by atoms with Gasteiger partial charge in [0.1, 0.15) is 12.1 Å². The smallest absolute Gasteiger partial charge is 0.471 e. The van der Waals surface area contributed by atoms with Gasteiger partial charge in [0.15, 0.2) is 0 Å². The molecule has 2 radical (unpaired) electrons. The molecule has 17 heteroatoms. The molecule has 188 valence electrons. The van der Waals surface area contributed by atoms with Crippen LogP contribution >= 0.6 is 29.9 Å². The third-order valence-electron chi connectivity index (χ3n) is 3.71. The molecule has 0 aliphatic carbocycles. The minimum absolute atomic E-state index is 0.146. The second-order valence-electron chi connectivity index (χ2n) is 6.29. The predicted octanol–water partition coefficient (Wildman–Crippen LogP) is -1.18. The summed E-state index contributed by atoms with van der Waals surface area (Å²) < 4.78 is 11.3. The monoisotopic (exact) mass is 798 g/mol. The number of aliphatic imine (C=N–C) groups is 1. The summed E-state index contributed by atoms with van der Waals surface area (Å²) in [6.07, 6.45) is 0.895. The maximum absolute atomic E-state index is 12.5. The van der Waals surface area contributed by atoms with Gasteiger partial charge in [0.2, 0.25) is 0 Å². The first-order valence-corrected chi connectivity index (χ1v) is 23.2. The fourth-order valence-electron chi connectivity index (χ4n) is 1.93. The van der Waals surface area contributed by atoms with Crippen LogP contribution in [-0.2, 0) is 23.9 Å². The van der Waals surface area contributed by atoms with Crippen LogP contribution in [0, 0.1) is 4.91 Å². The zero-order valence-corrected chi connectivity index (χ0v) is 25.8. The Hall–Kier alpha value is -1.29. The van der Waals surface area contributed by atoms with Crippen molar-refractivity contribution in [2.24, 2.45) is 15.3 Å². The van der Waals surface area contributed by atoms with Crippen molar-refractivity contribution in [2.45, 2.75) is 38.8 Å². The van der Waals surface area contributed by atoms with E-state index in [0.29, 0.717) is 31.8 Å². The molecular weight excluding hydrogens is 766 g/mol. The SMILES string of the molecule is CC(=O)NCC(=O)NC(CCCN=C(N)[NH][Pb][I])C(=O)NCC(C)N(C)SN=O.COC=O. The number of likely N-dealkylation sites (N-methyl/N-ethyl adjacent to an activating group) is 1. The Kier molecular flexibility index (Phi) is 23.1. The van der Waals surface area contributed by atoms with Crippen molar-refractivity contribution in [2.75, 3.05) is 33.8 Å². The summed E-state index contributed by atoms with van der Waals surface area (Å²) in [5, 5.41) is 7.77. The molecule has 14 nitrogen and oxygen atoms in total. The van der Waals surface area contributed by atoms with Gasteiger partial charge in [-0.1, -0.05) is 0 Å². The molecule has 0 spiro atoms. The quantitative estimate of drug-likeness (QED) is 0.0197. The first-order valence-electron chi connectivity index (χ1n) is 9.54. The second-order valence-corrected chi connectivity index (χ2v) is 13.6. The van der Waals surface area contributed by atoms with Crippen LogP contribution in [0.15, 0.2) is 9.57 Å². The molecule has 0 aliphatic heterocycles. The third kappa shape index (κ3) is 21.0. The van der Waals surface area contributed by atoms with E-state index >= 15 is 0 Å². The van der Waals surface area contributed by atoms with E-state index in [1.165, 1.54) is 14.0 Å². The average Bonchev–Trinajstić information content (AvgIpc) is 2.78. The molecule has 0 bridgehead atoms. The number of methoxy groups -OCH3 is 1.